The van der Waals surface area contributed by atoms with Gasteiger partial charge in [0.1, 0.15) is 0 Å². The molecule has 1 aromatic rings. The summed E-state index contributed by atoms with van der Waals surface area (Å²) in [5, 5.41) is 0. The molecule has 27 heavy (non-hydrogen) atoms. The van der Waals surface area contributed by atoms with Crippen LogP contribution < -0.4 is 4.90 Å². The van der Waals surface area contributed by atoms with E-state index < -0.39 is 0 Å². The van der Waals surface area contributed by atoms with Gasteiger partial charge < -0.3 is 14.5 Å². The number of anilines is 1. The summed E-state index contributed by atoms with van der Waals surface area (Å²) in [4.78, 5) is 17.3. The van der Waals surface area contributed by atoms with Gasteiger partial charge in [0.2, 0.25) is 0 Å². The topological polar surface area (TPSA) is 32.8 Å². The highest BCUT2D eigenvalue weighted by Crippen LogP contribution is 2.61. The molecule has 0 unspecified atom stereocenters. The molecular formula is C22H30N2O2S. The zero-order chi connectivity index (χ0) is 18.4. The Labute approximate surface area is 166 Å². The molecule has 0 aromatic heterocycles. The fourth-order valence-corrected chi connectivity index (χ4v) is 8.21. The lowest BCUT2D eigenvalue weighted by Gasteiger charge is -2.56. The maximum absolute atomic E-state index is 11.7. The first-order chi connectivity index (χ1) is 13.1. The van der Waals surface area contributed by atoms with Crippen molar-refractivity contribution in [1.29, 1.82) is 0 Å². The molecular weight excluding hydrogens is 356 g/mol. The number of methoxy groups -OCH3 is 1. The van der Waals surface area contributed by atoms with Crippen molar-refractivity contribution in [1.82, 2.24) is 4.90 Å². The predicted molar refractivity (Wildman–Crippen MR) is 109 cm³/mol. The summed E-state index contributed by atoms with van der Waals surface area (Å²) in [5.74, 6) is 3.00. The lowest BCUT2D eigenvalue weighted by molar-refractivity contribution is 0.0383. The van der Waals surface area contributed by atoms with Crippen molar-refractivity contribution < 1.29 is 9.53 Å². The Morgan fingerprint density at radius 2 is 1.67 bits per heavy atom. The summed E-state index contributed by atoms with van der Waals surface area (Å²) in [6.45, 7) is 3.22. The van der Waals surface area contributed by atoms with Crippen LogP contribution in [-0.2, 0) is 4.74 Å². The van der Waals surface area contributed by atoms with Gasteiger partial charge in [-0.15, -0.1) is 11.8 Å². The van der Waals surface area contributed by atoms with Gasteiger partial charge in [-0.3, -0.25) is 0 Å². The molecule has 0 radical (unpaired) electrons. The number of hydrogen-bond acceptors (Lipinski definition) is 4. The first-order valence-corrected chi connectivity index (χ1v) is 11.3. The van der Waals surface area contributed by atoms with Crippen molar-refractivity contribution in [3.05, 3.63) is 24.3 Å². The second-order valence-electron chi connectivity index (χ2n) is 9.14. The summed E-state index contributed by atoms with van der Waals surface area (Å²) >= 11 is 2.18. The number of nitrogens with zero attached hydrogens (tertiary/aromatic N) is 2. The van der Waals surface area contributed by atoms with Gasteiger partial charge in [-0.1, -0.05) is 6.07 Å². The Hall–Kier alpha value is -1.36. The van der Waals surface area contributed by atoms with Crippen LogP contribution in [-0.4, -0.2) is 49.0 Å². The molecule has 0 spiro atoms. The molecule has 5 heteroatoms. The van der Waals surface area contributed by atoms with Gasteiger partial charge in [0.15, 0.2) is 0 Å². The Morgan fingerprint density at radius 1 is 1.04 bits per heavy atom. The highest BCUT2D eigenvalue weighted by atomic mass is 32.2. The largest absolute Gasteiger partial charge is 0.453 e. The van der Waals surface area contributed by atoms with Gasteiger partial charge in [0.05, 0.1) is 7.11 Å². The minimum atomic E-state index is -0.208. The number of rotatable bonds is 3. The van der Waals surface area contributed by atoms with Crippen molar-refractivity contribution in [2.45, 2.75) is 48.2 Å². The minimum absolute atomic E-state index is 0.208. The van der Waals surface area contributed by atoms with Crippen LogP contribution >= 0.6 is 11.8 Å². The highest BCUT2D eigenvalue weighted by molar-refractivity contribution is 8.00. The van der Waals surface area contributed by atoms with Gasteiger partial charge in [0, 0.05) is 41.5 Å². The van der Waals surface area contributed by atoms with Crippen LogP contribution in [0.15, 0.2) is 29.2 Å². The Balaban J connectivity index is 1.27. The number of thioether (sulfide) groups is 1. The van der Waals surface area contributed by atoms with Gasteiger partial charge >= 0.3 is 6.09 Å². The molecule has 0 N–H and O–H groups in total. The van der Waals surface area contributed by atoms with Crippen LogP contribution in [0, 0.1) is 17.8 Å². The molecule has 1 saturated heterocycles. The second kappa shape index (κ2) is 6.91. The Bertz CT molecular complexity index is 679. The van der Waals surface area contributed by atoms with E-state index in [-0.39, 0.29) is 6.09 Å². The SMILES string of the molecule is COC(=O)N1CCN(c2cccc(SC34CC5CC(CC(C5)C3)C4)c2)CC1. The van der Waals surface area contributed by atoms with Crippen LogP contribution in [0.3, 0.4) is 0 Å². The van der Waals surface area contributed by atoms with E-state index in [2.05, 4.69) is 40.9 Å². The van der Waals surface area contributed by atoms with Crippen LogP contribution in [0.1, 0.15) is 38.5 Å². The summed E-state index contributed by atoms with van der Waals surface area (Å²) in [6, 6.07) is 9.12. The minimum Gasteiger partial charge on any atom is -0.453 e. The molecule has 4 nitrogen and oxygen atoms in total. The molecule has 1 amide bonds. The number of benzene rings is 1. The van der Waals surface area contributed by atoms with Gasteiger partial charge in [-0.2, -0.15) is 0 Å². The van der Waals surface area contributed by atoms with E-state index >= 15 is 0 Å². The first kappa shape index (κ1) is 17.7. The van der Waals surface area contributed by atoms with E-state index in [4.69, 9.17) is 4.74 Å². The molecule has 1 aromatic carbocycles. The maximum Gasteiger partial charge on any atom is 0.409 e. The van der Waals surface area contributed by atoms with Crippen LogP contribution in [0.25, 0.3) is 0 Å². The number of hydrogen-bond donors (Lipinski definition) is 0. The lowest BCUT2D eigenvalue weighted by Crippen LogP contribution is -2.49. The van der Waals surface area contributed by atoms with Crippen molar-refractivity contribution in [2.75, 3.05) is 38.2 Å². The summed E-state index contributed by atoms with van der Waals surface area (Å²) in [7, 11) is 1.46. The van der Waals surface area contributed by atoms with Gasteiger partial charge in [0.25, 0.3) is 0 Å². The third-order valence-electron chi connectivity index (χ3n) is 7.21. The van der Waals surface area contributed by atoms with E-state index in [1.807, 2.05) is 0 Å². The monoisotopic (exact) mass is 386 g/mol. The lowest BCUT2D eigenvalue weighted by atomic mass is 9.56. The number of piperazine rings is 1. The van der Waals surface area contributed by atoms with Crippen LogP contribution in [0.2, 0.25) is 0 Å². The highest BCUT2D eigenvalue weighted by Gasteiger charge is 2.51. The Morgan fingerprint density at radius 3 is 2.26 bits per heavy atom. The standard InChI is InChI=1S/C22H30N2O2S/c1-26-21(25)24-7-5-23(6-8-24)19-3-2-4-20(12-19)27-22-13-16-9-17(14-22)11-18(10-16)15-22/h2-4,12,16-18H,5-11,13-15H2,1H3. The Kier molecular flexibility index (Phi) is 4.53. The number of carbonyl (C=O) groups is 1. The van der Waals surface area contributed by atoms with Crippen LogP contribution in [0.4, 0.5) is 10.5 Å². The quantitative estimate of drug-likeness (QED) is 0.758. The fraction of sp³-hybridized carbons (Fsp3) is 0.682. The van der Waals surface area contributed by atoms with E-state index in [1.165, 1.54) is 56.2 Å². The molecule has 146 valence electrons. The van der Waals surface area contributed by atoms with E-state index in [9.17, 15) is 4.79 Å². The smallest absolute Gasteiger partial charge is 0.409 e. The zero-order valence-corrected chi connectivity index (χ0v) is 17.0. The summed E-state index contributed by atoms with van der Waals surface area (Å²) in [5.41, 5.74) is 1.30. The molecule has 5 fully saturated rings. The number of amides is 1. The second-order valence-corrected chi connectivity index (χ2v) is 10.7. The molecule has 1 aliphatic heterocycles. The number of carbonyl (C=O) groups excluding carboxylic acids is 1. The molecule has 4 saturated carbocycles. The van der Waals surface area contributed by atoms with Crippen LogP contribution in [0.5, 0.6) is 0 Å². The molecule has 4 bridgehead atoms. The predicted octanol–water partition coefficient (Wildman–Crippen LogP) is 4.64. The third-order valence-corrected chi connectivity index (χ3v) is 8.63. The van der Waals surface area contributed by atoms with E-state index in [0.717, 1.165) is 43.9 Å². The fourth-order valence-electron chi connectivity index (χ4n) is 6.43. The summed E-state index contributed by atoms with van der Waals surface area (Å²) in [6.07, 6.45) is 8.61. The average Bonchev–Trinajstić information content (AvgIpc) is 2.66. The van der Waals surface area contributed by atoms with Crippen molar-refractivity contribution in [3.63, 3.8) is 0 Å². The summed E-state index contributed by atoms with van der Waals surface area (Å²) < 4.78 is 5.36. The average molecular weight is 387 g/mol. The van der Waals surface area contributed by atoms with Crippen molar-refractivity contribution >= 4 is 23.5 Å². The van der Waals surface area contributed by atoms with Gasteiger partial charge in [-0.25, -0.2) is 4.79 Å². The van der Waals surface area contributed by atoms with Gasteiger partial charge in [-0.05, 0) is 74.5 Å². The van der Waals surface area contributed by atoms with Crippen molar-refractivity contribution in [3.8, 4) is 0 Å². The third kappa shape index (κ3) is 3.43. The zero-order valence-electron chi connectivity index (χ0n) is 16.2. The molecule has 4 aliphatic carbocycles. The molecule has 0 atom stereocenters. The normalized spacial score (nSPS) is 34.8. The molecule has 6 rings (SSSR count). The van der Waals surface area contributed by atoms with E-state index in [1.54, 1.807) is 4.90 Å². The van der Waals surface area contributed by atoms with Crippen molar-refractivity contribution in [2.24, 2.45) is 17.8 Å². The molecule has 1 heterocycles. The molecule has 5 aliphatic rings. The first-order valence-electron chi connectivity index (χ1n) is 10.5. The number of ether oxygens (including phenoxy) is 1. The van der Waals surface area contributed by atoms with E-state index in [0.29, 0.717) is 4.75 Å². The maximum atomic E-state index is 11.7.